The molecular formula is C13H11N5O. The average Bonchev–Trinajstić information content (AvgIpc) is 3.02. The molecule has 2 aromatic heterocycles. The van der Waals surface area contributed by atoms with Gasteiger partial charge in [0.15, 0.2) is 0 Å². The fourth-order valence-electron chi connectivity index (χ4n) is 1.72. The summed E-state index contributed by atoms with van der Waals surface area (Å²) in [4.78, 5) is 9.76. The van der Waals surface area contributed by atoms with E-state index in [4.69, 9.17) is 4.74 Å². The molecule has 0 amide bonds. The highest BCUT2D eigenvalue weighted by Crippen LogP contribution is 2.20. The van der Waals surface area contributed by atoms with Gasteiger partial charge in [0, 0.05) is 11.6 Å². The predicted molar refractivity (Wildman–Crippen MR) is 68.9 cm³/mol. The van der Waals surface area contributed by atoms with Gasteiger partial charge in [-0.1, -0.05) is 12.1 Å². The van der Waals surface area contributed by atoms with Crippen LogP contribution in [0.2, 0.25) is 0 Å². The molecule has 94 valence electrons. The van der Waals surface area contributed by atoms with Crippen molar-refractivity contribution in [3.05, 3.63) is 49.1 Å². The molecule has 19 heavy (non-hydrogen) atoms. The topological polar surface area (TPSA) is 65.7 Å². The first-order valence-corrected chi connectivity index (χ1v) is 5.70. The summed E-state index contributed by atoms with van der Waals surface area (Å²) >= 11 is 0. The lowest BCUT2D eigenvalue weighted by molar-refractivity contribution is 0.397. The standard InChI is InChI=1S/C13H11N5O/c1-19-13-8-12(14-9-15-13)10-2-4-11(5-3-10)18-16-6-7-17-18/h2-9H,1H3. The zero-order valence-electron chi connectivity index (χ0n) is 10.3. The van der Waals surface area contributed by atoms with Gasteiger partial charge in [0.2, 0.25) is 5.88 Å². The number of hydrogen-bond acceptors (Lipinski definition) is 5. The Morgan fingerprint density at radius 1 is 1.00 bits per heavy atom. The second-order valence-electron chi connectivity index (χ2n) is 3.81. The van der Waals surface area contributed by atoms with E-state index in [9.17, 15) is 0 Å². The van der Waals surface area contributed by atoms with Crippen molar-refractivity contribution in [2.45, 2.75) is 0 Å². The third-order valence-corrected chi connectivity index (χ3v) is 2.66. The van der Waals surface area contributed by atoms with Crippen LogP contribution in [0.3, 0.4) is 0 Å². The van der Waals surface area contributed by atoms with Gasteiger partial charge >= 0.3 is 0 Å². The summed E-state index contributed by atoms with van der Waals surface area (Å²) in [5.74, 6) is 0.544. The Labute approximate surface area is 109 Å². The van der Waals surface area contributed by atoms with Gasteiger partial charge in [-0.25, -0.2) is 9.97 Å². The Morgan fingerprint density at radius 2 is 1.74 bits per heavy atom. The number of methoxy groups -OCH3 is 1. The van der Waals surface area contributed by atoms with E-state index >= 15 is 0 Å². The van der Waals surface area contributed by atoms with Crippen molar-refractivity contribution < 1.29 is 4.74 Å². The minimum Gasteiger partial charge on any atom is -0.481 e. The third kappa shape index (κ3) is 2.28. The van der Waals surface area contributed by atoms with Crippen LogP contribution in [-0.4, -0.2) is 32.1 Å². The van der Waals surface area contributed by atoms with Gasteiger partial charge in [-0.15, -0.1) is 0 Å². The van der Waals surface area contributed by atoms with Crippen molar-refractivity contribution in [2.24, 2.45) is 0 Å². The summed E-state index contributed by atoms with van der Waals surface area (Å²) in [5, 5.41) is 8.15. The molecule has 0 aliphatic rings. The first-order chi connectivity index (χ1) is 9.36. The minimum absolute atomic E-state index is 0.544. The number of nitrogens with zero attached hydrogens (tertiary/aromatic N) is 5. The fourth-order valence-corrected chi connectivity index (χ4v) is 1.72. The molecule has 0 aliphatic heterocycles. The van der Waals surface area contributed by atoms with Crippen LogP contribution < -0.4 is 4.74 Å². The third-order valence-electron chi connectivity index (χ3n) is 2.66. The van der Waals surface area contributed by atoms with Crippen LogP contribution in [0.4, 0.5) is 0 Å². The molecule has 0 bridgehead atoms. The second-order valence-corrected chi connectivity index (χ2v) is 3.81. The zero-order chi connectivity index (χ0) is 13.1. The lowest BCUT2D eigenvalue weighted by Gasteiger charge is -2.04. The molecule has 6 heteroatoms. The largest absolute Gasteiger partial charge is 0.481 e. The van der Waals surface area contributed by atoms with Crippen LogP contribution in [0, 0.1) is 0 Å². The maximum Gasteiger partial charge on any atom is 0.216 e. The van der Waals surface area contributed by atoms with Crippen molar-refractivity contribution in [1.29, 1.82) is 0 Å². The van der Waals surface area contributed by atoms with Gasteiger partial charge in [0.1, 0.15) is 6.33 Å². The fraction of sp³-hybridized carbons (Fsp3) is 0.0769. The molecule has 1 aromatic carbocycles. The molecule has 0 radical (unpaired) electrons. The maximum absolute atomic E-state index is 5.08. The first kappa shape index (κ1) is 11.3. The van der Waals surface area contributed by atoms with E-state index in [-0.39, 0.29) is 0 Å². The number of hydrogen-bond donors (Lipinski definition) is 0. The molecular weight excluding hydrogens is 242 g/mol. The number of aromatic nitrogens is 5. The van der Waals surface area contributed by atoms with Crippen molar-refractivity contribution in [1.82, 2.24) is 25.0 Å². The zero-order valence-corrected chi connectivity index (χ0v) is 10.3. The average molecular weight is 253 g/mol. The summed E-state index contributed by atoms with van der Waals surface area (Å²) in [7, 11) is 1.58. The highest BCUT2D eigenvalue weighted by atomic mass is 16.5. The molecule has 2 heterocycles. The molecule has 6 nitrogen and oxygen atoms in total. The molecule has 0 unspecified atom stereocenters. The van der Waals surface area contributed by atoms with E-state index in [0.29, 0.717) is 5.88 Å². The summed E-state index contributed by atoms with van der Waals surface area (Å²) in [6, 6.07) is 9.58. The van der Waals surface area contributed by atoms with Gasteiger partial charge in [-0.2, -0.15) is 15.0 Å². The monoisotopic (exact) mass is 253 g/mol. The van der Waals surface area contributed by atoms with Gasteiger partial charge in [-0.05, 0) is 12.1 Å². The van der Waals surface area contributed by atoms with E-state index in [0.717, 1.165) is 16.9 Å². The lowest BCUT2D eigenvalue weighted by atomic mass is 10.1. The van der Waals surface area contributed by atoms with Gasteiger partial charge < -0.3 is 4.74 Å². The van der Waals surface area contributed by atoms with Gasteiger partial charge in [0.05, 0.1) is 30.9 Å². The van der Waals surface area contributed by atoms with Crippen LogP contribution in [0.15, 0.2) is 49.1 Å². The van der Waals surface area contributed by atoms with Crippen LogP contribution in [0.25, 0.3) is 16.9 Å². The minimum atomic E-state index is 0.544. The molecule has 0 saturated carbocycles. The van der Waals surface area contributed by atoms with E-state index in [1.54, 1.807) is 30.4 Å². The Kier molecular flexibility index (Phi) is 2.89. The normalized spacial score (nSPS) is 10.4. The summed E-state index contributed by atoms with van der Waals surface area (Å²) < 4.78 is 5.08. The Morgan fingerprint density at radius 3 is 2.42 bits per heavy atom. The number of benzene rings is 1. The quantitative estimate of drug-likeness (QED) is 0.711. The summed E-state index contributed by atoms with van der Waals surface area (Å²) in [6.45, 7) is 0. The number of rotatable bonds is 3. The molecule has 0 aliphatic carbocycles. The van der Waals surface area contributed by atoms with E-state index < -0.39 is 0 Å². The molecule has 0 N–H and O–H groups in total. The number of ether oxygens (including phenoxy) is 1. The van der Waals surface area contributed by atoms with Gasteiger partial charge in [-0.3, -0.25) is 0 Å². The Hall–Kier alpha value is -2.76. The highest BCUT2D eigenvalue weighted by molar-refractivity contribution is 5.61. The molecule has 3 aromatic rings. The van der Waals surface area contributed by atoms with Crippen molar-refractivity contribution >= 4 is 0 Å². The van der Waals surface area contributed by atoms with Crippen LogP contribution in [-0.2, 0) is 0 Å². The smallest absolute Gasteiger partial charge is 0.216 e. The van der Waals surface area contributed by atoms with Crippen molar-refractivity contribution in [3.8, 4) is 22.8 Å². The SMILES string of the molecule is COc1cc(-c2ccc(-n3nccn3)cc2)ncn1. The van der Waals surface area contributed by atoms with Crippen LogP contribution in [0.5, 0.6) is 5.88 Å². The van der Waals surface area contributed by atoms with Crippen LogP contribution >= 0.6 is 0 Å². The Balaban J connectivity index is 1.94. The lowest BCUT2D eigenvalue weighted by Crippen LogP contribution is -1.98. The van der Waals surface area contributed by atoms with E-state index in [1.165, 1.54) is 6.33 Å². The highest BCUT2D eigenvalue weighted by Gasteiger charge is 2.03. The van der Waals surface area contributed by atoms with E-state index in [2.05, 4.69) is 20.2 Å². The van der Waals surface area contributed by atoms with Gasteiger partial charge in [0.25, 0.3) is 0 Å². The molecule has 0 atom stereocenters. The van der Waals surface area contributed by atoms with Crippen molar-refractivity contribution in [3.63, 3.8) is 0 Å². The Bertz CT molecular complexity index is 664. The molecule has 0 spiro atoms. The summed E-state index contributed by atoms with van der Waals surface area (Å²) in [6.07, 6.45) is 4.77. The van der Waals surface area contributed by atoms with Crippen molar-refractivity contribution in [2.75, 3.05) is 7.11 Å². The predicted octanol–water partition coefficient (Wildman–Crippen LogP) is 1.73. The molecule has 0 fully saturated rings. The molecule has 0 saturated heterocycles. The maximum atomic E-state index is 5.08. The second kappa shape index (κ2) is 4.85. The summed E-state index contributed by atoms with van der Waals surface area (Å²) in [5.41, 5.74) is 2.69. The molecule has 3 rings (SSSR count). The first-order valence-electron chi connectivity index (χ1n) is 5.70. The van der Waals surface area contributed by atoms with E-state index in [1.807, 2.05) is 24.3 Å². The van der Waals surface area contributed by atoms with Crippen LogP contribution in [0.1, 0.15) is 0 Å².